The number of rotatable bonds is 6. The second-order valence-corrected chi connectivity index (χ2v) is 5.50. The average molecular weight is 311 g/mol. The predicted octanol–water partition coefficient (Wildman–Crippen LogP) is 2.34. The van der Waals surface area contributed by atoms with Crippen LogP contribution in [-0.4, -0.2) is 26.9 Å². The van der Waals surface area contributed by atoms with E-state index >= 15 is 0 Å². The van der Waals surface area contributed by atoms with E-state index in [1.165, 1.54) is 0 Å². The fourth-order valence-electron chi connectivity index (χ4n) is 2.58. The van der Waals surface area contributed by atoms with Gasteiger partial charge < -0.3 is 9.30 Å². The third-order valence-corrected chi connectivity index (χ3v) is 4.00. The average Bonchev–Trinajstić information content (AvgIpc) is 3.17. The maximum absolute atomic E-state index is 5.24. The number of methoxy groups -OCH3 is 1. The summed E-state index contributed by atoms with van der Waals surface area (Å²) in [6.45, 7) is 2.74. The van der Waals surface area contributed by atoms with Crippen molar-refractivity contribution in [2.24, 2.45) is 7.05 Å². The first-order chi connectivity index (χ1) is 11.2. The van der Waals surface area contributed by atoms with Gasteiger partial charge in [0.25, 0.3) is 0 Å². The molecule has 1 unspecified atom stereocenters. The Morgan fingerprint density at radius 2 is 2.09 bits per heavy atom. The number of benzene rings is 1. The molecule has 2 N–H and O–H groups in total. The molecule has 0 fully saturated rings. The highest BCUT2D eigenvalue weighted by Crippen LogP contribution is 2.23. The molecule has 0 aliphatic heterocycles. The maximum Gasteiger partial charge on any atom is 0.130 e. The number of imidazole rings is 1. The lowest BCUT2D eigenvalue weighted by molar-refractivity contribution is 0.414. The summed E-state index contributed by atoms with van der Waals surface area (Å²) in [4.78, 5) is 4.50. The van der Waals surface area contributed by atoms with Crippen LogP contribution in [0.1, 0.15) is 28.7 Å². The van der Waals surface area contributed by atoms with E-state index in [1.54, 1.807) is 7.11 Å². The monoisotopic (exact) mass is 311 g/mol. The molecule has 23 heavy (non-hydrogen) atoms. The smallest absolute Gasteiger partial charge is 0.130 e. The van der Waals surface area contributed by atoms with E-state index in [2.05, 4.69) is 32.6 Å². The van der Waals surface area contributed by atoms with Crippen molar-refractivity contribution < 1.29 is 4.74 Å². The molecule has 6 nitrogen and oxygen atoms in total. The number of hydrogen-bond acceptors (Lipinski definition) is 4. The van der Waals surface area contributed by atoms with Gasteiger partial charge in [-0.1, -0.05) is 12.1 Å². The Morgan fingerprint density at radius 1 is 1.30 bits per heavy atom. The van der Waals surface area contributed by atoms with Crippen LogP contribution in [0.15, 0.2) is 42.9 Å². The Bertz CT molecular complexity index is 759. The summed E-state index contributed by atoms with van der Waals surface area (Å²) in [5.74, 6) is 1.81. The SMILES string of the molecule is COc1ccc(C(NCc2cn[nH]c2C)c2nccn2C)cc1. The lowest BCUT2D eigenvalue weighted by Crippen LogP contribution is -2.25. The van der Waals surface area contributed by atoms with E-state index < -0.39 is 0 Å². The quantitative estimate of drug-likeness (QED) is 0.733. The molecule has 0 aliphatic carbocycles. The lowest BCUT2D eigenvalue weighted by Gasteiger charge is -2.19. The molecule has 1 aromatic carbocycles. The highest BCUT2D eigenvalue weighted by Gasteiger charge is 2.18. The third kappa shape index (κ3) is 3.27. The number of hydrogen-bond donors (Lipinski definition) is 2. The van der Waals surface area contributed by atoms with Crippen LogP contribution < -0.4 is 10.1 Å². The Labute approximate surface area is 135 Å². The van der Waals surface area contributed by atoms with Crippen molar-refractivity contribution in [3.05, 3.63) is 65.5 Å². The van der Waals surface area contributed by atoms with Crippen molar-refractivity contribution >= 4 is 0 Å². The molecule has 2 heterocycles. The number of aromatic nitrogens is 4. The van der Waals surface area contributed by atoms with Crippen LogP contribution >= 0.6 is 0 Å². The Balaban J connectivity index is 1.87. The van der Waals surface area contributed by atoms with Gasteiger partial charge in [0.05, 0.1) is 19.3 Å². The molecule has 0 bridgehead atoms. The van der Waals surface area contributed by atoms with Crippen LogP contribution in [0.4, 0.5) is 0 Å². The van der Waals surface area contributed by atoms with Crippen LogP contribution in [0.5, 0.6) is 5.75 Å². The highest BCUT2D eigenvalue weighted by molar-refractivity contribution is 5.32. The van der Waals surface area contributed by atoms with Gasteiger partial charge >= 0.3 is 0 Å². The van der Waals surface area contributed by atoms with Gasteiger partial charge in [0, 0.05) is 37.2 Å². The molecule has 2 aromatic heterocycles. The summed E-state index contributed by atoms with van der Waals surface area (Å²) < 4.78 is 7.28. The van der Waals surface area contributed by atoms with Gasteiger partial charge in [0.1, 0.15) is 11.6 Å². The van der Waals surface area contributed by atoms with Crippen LogP contribution in [0, 0.1) is 6.92 Å². The summed E-state index contributed by atoms with van der Waals surface area (Å²) >= 11 is 0. The van der Waals surface area contributed by atoms with Crippen LogP contribution in [0.25, 0.3) is 0 Å². The minimum absolute atomic E-state index is 0.00444. The zero-order chi connectivity index (χ0) is 16.2. The van der Waals surface area contributed by atoms with E-state index in [1.807, 2.05) is 49.3 Å². The van der Waals surface area contributed by atoms with Gasteiger partial charge in [0.2, 0.25) is 0 Å². The summed E-state index contributed by atoms with van der Waals surface area (Å²) in [5, 5.41) is 10.6. The molecule has 0 saturated heterocycles. The van der Waals surface area contributed by atoms with Gasteiger partial charge in [0.15, 0.2) is 0 Å². The topological polar surface area (TPSA) is 67.8 Å². The predicted molar refractivity (Wildman–Crippen MR) is 88.2 cm³/mol. The molecule has 0 radical (unpaired) electrons. The number of ether oxygens (including phenoxy) is 1. The van der Waals surface area contributed by atoms with Crippen molar-refractivity contribution in [2.75, 3.05) is 7.11 Å². The van der Waals surface area contributed by atoms with E-state index in [4.69, 9.17) is 4.74 Å². The minimum atomic E-state index is -0.00444. The Kier molecular flexibility index (Phi) is 4.43. The zero-order valence-corrected chi connectivity index (χ0v) is 13.6. The molecule has 6 heteroatoms. The fourth-order valence-corrected chi connectivity index (χ4v) is 2.58. The Morgan fingerprint density at radius 3 is 2.65 bits per heavy atom. The largest absolute Gasteiger partial charge is 0.497 e. The molecule has 3 rings (SSSR count). The molecule has 120 valence electrons. The molecule has 1 atom stereocenters. The molecule has 0 spiro atoms. The van der Waals surface area contributed by atoms with Crippen LogP contribution in [-0.2, 0) is 13.6 Å². The molecule has 0 amide bonds. The minimum Gasteiger partial charge on any atom is -0.497 e. The first kappa shape index (κ1) is 15.3. The first-order valence-corrected chi connectivity index (χ1v) is 7.52. The second-order valence-electron chi connectivity index (χ2n) is 5.50. The van der Waals surface area contributed by atoms with Crippen molar-refractivity contribution in [3.8, 4) is 5.75 Å². The molecule has 0 aliphatic rings. The summed E-state index contributed by atoms with van der Waals surface area (Å²) in [5.41, 5.74) is 3.37. The van der Waals surface area contributed by atoms with E-state index in [0.29, 0.717) is 6.54 Å². The number of nitrogens with one attached hydrogen (secondary N) is 2. The molecular formula is C17H21N5O. The van der Waals surface area contributed by atoms with Gasteiger partial charge in [-0.15, -0.1) is 0 Å². The standard InChI is InChI=1S/C17H21N5O/c1-12-14(11-20-21-12)10-19-16(17-18-8-9-22(17)2)13-4-6-15(23-3)7-5-13/h4-9,11,16,19H,10H2,1-3H3,(H,20,21). The van der Waals surface area contributed by atoms with E-state index in [9.17, 15) is 0 Å². The highest BCUT2D eigenvalue weighted by atomic mass is 16.5. The third-order valence-electron chi connectivity index (χ3n) is 4.00. The second kappa shape index (κ2) is 6.66. The van der Waals surface area contributed by atoms with E-state index in [-0.39, 0.29) is 6.04 Å². The van der Waals surface area contributed by atoms with Crippen molar-refractivity contribution in [3.63, 3.8) is 0 Å². The number of nitrogens with zero attached hydrogens (tertiary/aromatic N) is 3. The normalized spacial score (nSPS) is 12.3. The number of H-pyrrole nitrogens is 1. The van der Waals surface area contributed by atoms with Gasteiger partial charge in [-0.3, -0.25) is 10.4 Å². The van der Waals surface area contributed by atoms with Crippen LogP contribution in [0.3, 0.4) is 0 Å². The van der Waals surface area contributed by atoms with Crippen molar-refractivity contribution in [2.45, 2.75) is 19.5 Å². The van der Waals surface area contributed by atoms with Gasteiger partial charge in [-0.2, -0.15) is 5.10 Å². The molecular weight excluding hydrogens is 290 g/mol. The zero-order valence-electron chi connectivity index (χ0n) is 13.6. The maximum atomic E-state index is 5.24. The summed E-state index contributed by atoms with van der Waals surface area (Å²) in [6, 6.07) is 8.06. The van der Waals surface area contributed by atoms with Gasteiger partial charge in [-0.25, -0.2) is 4.98 Å². The number of aromatic amines is 1. The summed E-state index contributed by atoms with van der Waals surface area (Å²) in [7, 11) is 3.68. The van der Waals surface area contributed by atoms with Crippen LogP contribution in [0.2, 0.25) is 0 Å². The van der Waals surface area contributed by atoms with E-state index in [0.717, 1.165) is 28.4 Å². The molecule has 0 saturated carbocycles. The van der Waals surface area contributed by atoms with Gasteiger partial charge in [-0.05, 0) is 24.6 Å². The lowest BCUT2D eigenvalue weighted by atomic mass is 10.1. The molecule has 3 aromatic rings. The first-order valence-electron chi connectivity index (χ1n) is 7.52. The summed E-state index contributed by atoms with van der Waals surface area (Å²) in [6.07, 6.45) is 5.62. The Hall–Kier alpha value is -2.60. The van der Waals surface area contributed by atoms with Crippen molar-refractivity contribution in [1.82, 2.24) is 25.1 Å². The van der Waals surface area contributed by atoms with Crippen molar-refractivity contribution in [1.29, 1.82) is 0 Å². The number of aryl methyl sites for hydroxylation is 2. The fraction of sp³-hybridized carbons (Fsp3) is 0.294.